The summed E-state index contributed by atoms with van der Waals surface area (Å²) in [6.45, 7) is 4.51. The van der Waals surface area contributed by atoms with E-state index in [-0.39, 0.29) is 56.8 Å². The van der Waals surface area contributed by atoms with Crippen LogP contribution < -0.4 is 43.4 Å². The van der Waals surface area contributed by atoms with Gasteiger partial charge >= 0.3 is 0 Å². The summed E-state index contributed by atoms with van der Waals surface area (Å²) in [5.74, 6) is -6.42. The molecule has 0 spiro atoms. The standard InChI is InChI=1S/C51H86N10O15/c1-4-28(2)23-29(3)11-9-7-5-6-8-10-12-39(68)55-33-25-38(67)45(54-21-20-53)59-49(74)42-37(66)18-22-60(42)51(76)40(36(65)17-19-52)57-48(73)41(44(70)43(69)30-13-15-31(63)16-14-30)58-47(72)35-24-32(64)26-61(35)50(75)34(27-62)56-46(33)71/h13-16,28-29,32-38,40-45,54,62-67,69-70H,4-12,17-27,52-53H2,1-3H3,(H,55,68)(H,56,71)(H,57,73)(H,58,72)(H,59,74)/t28-,29+,32+,33-,34-,35-,36+,37-,38+,40-,41-,42-,43-,44-,45-/m0/s1. The Balaban J connectivity index is 1.71. The molecule has 4 rings (SSSR count). The number of phenolic OH excluding ortho intramolecular Hbond substituents is 1. The van der Waals surface area contributed by atoms with Gasteiger partial charge in [0.25, 0.3) is 0 Å². The summed E-state index contributed by atoms with van der Waals surface area (Å²) in [4.78, 5) is 101. The molecule has 0 radical (unpaired) electrons. The van der Waals surface area contributed by atoms with Gasteiger partial charge in [-0.15, -0.1) is 0 Å². The van der Waals surface area contributed by atoms with E-state index in [4.69, 9.17) is 11.5 Å². The number of amides is 7. The second-order valence-electron chi connectivity index (χ2n) is 20.8. The number of nitrogens with zero attached hydrogens (tertiary/aromatic N) is 2. The summed E-state index contributed by atoms with van der Waals surface area (Å²) in [6.07, 6.45) is -5.18. The highest BCUT2D eigenvalue weighted by Crippen LogP contribution is 2.26. The zero-order valence-corrected chi connectivity index (χ0v) is 44.1. The molecular weight excluding hydrogens is 993 g/mol. The Labute approximate surface area is 444 Å². The fraction of sp³-hybridized carbons (Fsp3) is 0.745. The third-order valence-electron chi connectivity index (χ3n) is 14.6. The summed E-state index contributed by atoms with van der Waals surface area (Å²) in [5, 5.41) is 104. The summed E-state index contributed by atoms with van der Waals surface area (Å²) in [7, 11) is 0. The first-order valence-corrected chi connectivity index (χ1v) is 26.9. The fourth-order valence-electron chi connectivity index (χ4n) is 10.1. The van der Waals surface area contributed by atoms with Crippen molar-refractivity contribution in [1.82, 2.24) is 41.7 Å². The number of carbonyl (C=O) groups excluding carboxylic acids is 7. The molecule has 430 valence electrons. The van der Waals surface area contributed by atoms with Gasteiger partial charge in [-0.1, -0.05) is 77.8 Å². The molecule has 25 heteroatoms. The molecule has 3 aliphatic heterocycles. The van der Waals surface area contributed by atoms with Crippen LogP contribution in [-0.4, -0.2) is 204 Å². The van der Waals surface area contributed by atoms with E-state index in [1.165, 1.54) is 30.7 Å². The zero-order valence-electron chi connectivity index (χ0n) is 44.1. The van der Waals surface area contributed by atoms with Gasteiger partial charge in [0.2, 0.25) is 41.4 Å². The van der Waals surface area contributed by atoms with Crippen LogP contribution in [0.5, 0.6) is 5.75 Å². The Morgan fingerprint density at radius 3 is 2.05 bits per heavy atom. The van der Waals surface area contributed by atoms with Crippen molar-refractivity contribution in [2.75, 3.05) is 39.3 Å². The molecule has 0 bridgehead atoms. The van der Waals surface area contributed by atoms with Crippen LogP contribution in [-0.2, 0) is 33.6 Å². The number of nitrogens with two attached hydrogens (primary N) is 2. The van der Waals surface area contributed by atoms with E-state index in [2.05, 4.69) is 52.7 Å². The van der Waals surface area contributed by atoms with Gasteiger partial charge in [-0.25, -0.2) is 0 Å². The van der Waals surface area contributed by atoms with Gasteiger partial charge in [0.15, 0.2) is 0 Å². The first-order chi connectivity index (χ1) is 36.1. The van der Waals surface area contributed by atoms with Crippen molar-refractivity contribution < 1.29 is 74.4 Å². The highest BCUT2D eigenvalue weighted by molar-refractivity contribution is 5.98. The number of benzene rings is 1. The number of hydrogen-bond donors (Lipinski definition) is 16. The molecule has 0 unspecified atom stereocenters. The Morgan fingerprint density at radius 2 is 1.41 bits per heavy atom. The van der Waals surface area contributed by atoms with Crippen molar-refractivity contribution >= 4 is 41.4 Å². The summed E-state index contributed by atoms with van der Waals surface area (Å²) in [5.41, 5.74) is 11.5. The Morgan fingerprint density at radius 1 is 0.750 bits per heavy atom. The molecule has 0 saturated carbocycles. The van der Waals surface area contributed by atoms with Crippen LogP contribution in [0, 0.1) is 11.8 Å². The molecule has 7 amide bonds. The highest BCUT2D eigenvalue weighted by atomic mass is 16.3. The average Bonchev–Trinajstić information content (AvgIpc) is 3.99. The summed E-state index contributed by atoms with van der Waals surface area (Å²) in [6, 6.07) is -6.33. The molecular formula is C51H86N10O15. The fourth-order valence-corrected chi connectivity index (χ4v) is 10.1. The first kappa shape index (κ1) is 63.4. The largest absolute Gasteiger partial charge is 0.508 e. The maximum Gasteiger partial charge on any atom is 0.248 e. The smallest absolute Gasteiger partial charge is 0.248 e. The van der Waals surface area contributed by atoms with Crippen LogP contribution in [0.4, 0.5) is 0 Å². The topological polar surface area (TPSA) is 412 Å². The second-order valence-corrected chi connectivity index (χ2v) is 20.8. The Kier molecular flexibility index (Phi) is 26.2. The van der Waals surface area contributed by atoms with E-state index in [0.29, 0.717) is 24.7 Å². The third kappa shape index (κ3) is 18.3. The average molecular weight is 1080 g/mol. The summed E-state index contributed by atoms with van der Waals surface area (Å²) >= 11 is 0. The van der Waals surface area contributed by atoms with E-state index < -0.39 is 146 Å². The molecule has 18 N–H and O–H groups in total. The van der Waals surface area contributed by atoms with Crippen LogP contribution in [0.3, 0.4) is 0 Å². The summed E-state index contributed by atoms with van der Waals surface area (Å²) < 4.78 is 0. The molecule has 15 atom stereocenters. The molecule has 25 nitrogen and oxygen atoms in total. The van der Waals surface area contributed by atoms with Crippen LogP contribution in [0.2, 0.25) is 0 Å². The maximum absolute atomic E-state index is 14.6. The number of fused-ring (bicyclic) bond motifs is 2. The van der Waals surface area contributed by atoms with Crippen molar-refractivity contribution in [1.29, 1.82) is 0 Å². The number of hydrogen-bond acceptors (Lipinski definition) is 18. The number of aliphatic hydroxyl groups is 7. The minimum absolute atomic E-state index is 0.0222. The van der Waals surface area contributed by atoms with E-state index in [9.17, 15) is 74.4 Å². The van der Waals surface area contributed by atoms with E-state index in [1.54, 1.807) is 0 Å². The number of aliphatic hydroxyl groups excluding tert-OH is 7. The van der Waals surface area contributed by atoms with Crippen molar-refractivity contribution in [3.8, 4) is 5.75 Å². The van der Waals surface area contributed by atoms with Gasteiger partial charge in [-0.2, -0.15) is 0 Å². The molecule has 3 heterocycles. The zero-order chi connectivity index (χ0) is 56.2. The van der Waals surface area contributed by atoms with Gasteiger partial charge in [0.1, 0.15) is 60.4 Å². The highest BCUT2D eigenvalue weighted by Gasteiger charge is 2.48. The molecule has 3 aliphatic rings. The van der Waals surface area contributed by atoms with Crippen LogP contribution in [0.15, 0.2) is 24.3 Å². The first-order valence-electron chi connectivity index (χ1n) is 26.9. The lowest BCUT2D eigenvalue weighted by Crippen LogP contribution is -2.65. The predicted octanol–water partition coefficient (Wildman–Crippen LogP) is -3.70. The minimum atomic E-state index is -2.27. The Bertz CT molecular complexity index is 2040. The van der Waals surface area contributed by atoms with Crippen LogP contribution >= 0.6 is 0 Å². The van der Waals surface area contributed by atoms with Gasteiger partial charge in [0.05, 0.1) is 31.0 Å². The van der Waals surface area contributed by atoms with Crippen molar-refractivity contribution in [3.05, 3.63) is 29.8 Å². The SMILES string of the molecule is CC[C@H](C)C[C@H](C)CCCCCCCCC(=O)N[C@H]1C[C@@H](O)[C@@H](NCCN)NC(=O)[C@@H]2[C@@H](O)CCN2C(=O)[C@H]([C@H](O)CCN)NC(=O)[C@H]([C@H](O)[C@@H](O)c2ccc(O)cc2)NC(=O)[C@@H]2C[C@@H](O)CN2C(=O)[C@H](CO)NC1=O. The van der Waals surface area contributed by atoms with E-state index in [1.807, 2.05) is 0 Å². The number of rotatable bonds is 23. The number of aromatic hydroxyl groups is 1. The van der Waals surface area contributed by atoms with Crippen LogP contribution in [0.25, 0.3) is 0 Å². The van der Waals surface area contributed by atoms with E-state index in [0.717, 1.165) is 48.3 Å². The second kappa shape index (κ2) is 31.3. The van der Waals surface area contributed by atoms with Crippen molar-refractivity contribution in [2.24, 2.45) is 23.3 Å². The molecule has 76 heavy (non-hydrogen) atoms. The molecule has 0 aromatic heterocycles. The lowest BCUT2D eigenvalue weighted by Gasteiger charge is -2.35. The maximum atomic E-state index is 14.6. The minimum Gasteiger partial charge on any atom is -0.508 e. The lowest BCUT2D eigenvalue weighted by atomic mass is 9.91. The van der Waals surface area contributed by atoms with Crippen LogP contribution in [0.1, 0.15) is 122 Å². The van der Waals surface area contributed by atoms with E-state index >= 15 is 0 Å². The Hall–Kier alpha value is -5.09. The van der Waals surface area contributed by atoms with Gasteiger partial charge in [0, 0.05) is 45.4 Å². The van der Waals surface area contributed by atoms with Gasteiger partial charge < -0.3 is 88.7 Å². The molecule has 0 aliphatic carbocycles. The van der Waals surface area contributed by atoms with Gasteiger partial charge in [-0.3, -0.25) is 38.9 Å². The molecule has 1 aromatic rings. The quantitative estimate of drug-likeness (QED) is 0.0469. The normalized spacial score (nSPS) is 28.4. The third-order valence-corrected chi connectivity index (χ3v) is 14.6. The van der Waals surface area contributed by atoms with Crippen molar-refractivity contribution in [3.63, 3.8) is 0 Å². The molecule has 3 saturated heterocycles. The number of phenols is 1. The number of nitrogens with one attached hydrogen (secondary N) is 6. The predicted molar refractivity (Wildman–Crippen MR) is 276 cm³/mol. The van der Waals surface area contributed by atoms with Gasteiger partial charge in [-0.05, 0) is 61.8 Å². The van der Waals surface area contributed by atoms with Crippen molar-refractivity contribution in [2.45, 2.75) is 190 Å². The lowest BCUT2D eigenvalue weighted by molar-refractivity contribution is -0.148. The monoisotopic (exact) mass is 1080 g/mol. The number of carbonyl (C=O) groups is 7. The molecule has 1 aromatic carbocycles. The molecule has 3 fully saturated rings. The number of unbranched alkanes of at least 4 members (excludes halogenated alkanes) is 5.